The number of ether oxygens (including phenoxy) is 2. The van der Waals surface area contributed by atoms with Crippen LogP contribution in [0.15, 0.2) is 18.2 Å². The van der Waals surface area contributed by atoms with E-state index in [-0.39, 0.29) is 19.0 Å². The van der Waals surface area contributed by atoms with Crippen molar-refractivity contribution in [3.8, 4) is 5.75 Å². The summed E-state index contributed by atoms with van der Waals surface area (Å²) in [7, 11) is 1.35. The van der Waals surface area contributed by atoms with E-state index in [1.165, 1.54) is 7.11 Å². The fraction of sp³-hybridized carbons (Fsp3) is 0.364. The van der Waals surface area contributed by atoms with Crippen LogP contribution in [0.1, 0.15) is 12.0 Å². The van der Waals surface area contributed by atoms with Crippen LogP contribution in [0.2, 0.25) is 0 Å². The van der Waals surface area contributed by atoms with E-state index in [2.05, 4.69) is 4.74 Å². The highest BCUT2D eigenvalue weighted by atomic mass is 16.5. The summed E-state index contributed by atoms with van der Waals surface area (Å²) in [5.74, 6) is 0.320. The summed E-state index contributed by atoms with van der Waals surface area (Å²) < 4.78 is 9.86. The van der Waals surface area contributed by atoms with Gasteiger partial charge in [0, 0.05) is 0 Å². The third kappa shape index (κ3) is 3.50. The number of methoxy groups -OCH3 is 1. The lowest BCUT2D eigenvalue weighted by molar-refractivity contribution is -0.141. The Bertz CT molecular complexity index is 350. The van der Waals surface area contributed by atoms with Gasteiger partial charge in [-0.1, -0.05) is 6.07 Å². The predicted molar refractivity (Wildman–Crippen MR) is 57.7 cm³/mol. The van der Waals surface area contributed by atoms with Gasteiger partial charge in [-0.05, 0) is 24.6 Å². The van der Waals surface area contributed by atoms with Gasteiger partial charge in [-0.3, -0.25) is 4.79 Å². The van der Waals surface area contributed by atoms with E-state index in [1.54, 1.807) is 6.07 Å². The summed E-state index contributed by atoms with van der Waals surface area (Å²) in [5.41, 5.74) is 7.34. The summed E-state index contributed by atoms with van der Waals surface area (Å²) in [5, 5.41) is 0. The molecule has 1 aromatic rings. The Kier molecular flexibility index (Phi) is 3.97. The van der Waals surface area contributed by atoms with E-state index >= 15 is 0 Å². The second-order valence-corrected chi connectivity index (χ2v) is 3.22. The molecule has 0 spiro atoms. The molecular weight excluding hydrogens is 194 g/mol. The number of carbonyl (C=O) groups excluding carboxylic acids is 1. The van der Waals surface area contributed by atoms with E-state index in [9.17, 15) is 4.79 Å². The molecule has 15 heavy (non-hydrogen) atoms. The van der Waals surface area contributed by atoms with Crippen LogP contribution < -0.4 is 10.5 Å². The zero-order chi connectivity index (χ0) is 11.3. The van der Waals surface area contributed by atoms with Crippen molar-refractivity contribution >= 4 is 11.7 Å². The third-order valence-electron chi connectivity index (χ3n) is 1.96. The van der Waals surface area contributed by atoms with Crippen molar-refractivity contribution in [1.82, 2.24) is 0 Å². The lowest BCUT2D eigenvalue weighted by Crippen LogP contribution is -2.08. The standard InChI is InChI=1S/C11H15NO3/c1-8-3-4-9(12)10(7-8)15-6-5-11(13)14-2/h3-4,7H,5-6,12H2,1-2H3. The van der Waals surface area contributed by atoms with Crippen molar-refractivity contribution < 1.29 is 14.3 Å². The van der Waals surface area contributed by atoms with Crippen LogP contribution in [0.25, 0.3) is 0 Å². The monoisotopic (exact) mass is 209 g/mol. The molecule has 0 radical (unpaired) electrons. The molecule has 1 rings (SSSR count). The van der Waals surface area contributed by atoms with Crippen LogP contribution in [0.4, 0.5) is 5.69 Å². The van der Waals surface area contributed by atoms with Gasteiger partial charge < -0.3 is 15.2 Å². The van der Waals surface area contributed by atoms with E-state index in [0.29, 0.717) is 11.4 Å². The van der Waals surface area contributed by atoms with Gasteiger partial charge in [-0.2, -0.15) is 0 Å². The minimum atomic E-state index is -0.291. The molecule has 0 saturated heterocycles. The Balaban J connectivity index is 2.50. The first-order valence-electron chi connectivity index (χ1n) is 4.69. The minimum absolute atomic E-state index is 0.226. The Labute approximate surface area is 89.0 Å². The minimum Gasteiger partial charge on any atom is -0.491 e. The Morgan fingerprint density at radius 2 is 2.20 bits per heavy atom. The fourth-order valence-electron chi connectivity index (χ4n) is 1.11. The zero-order valence-corrected chi connectivity index (χ0v) is 8.95. The second-order valence-electron chi connectivity index (χ2n) is 3.22. The Hall–Kier alpha value is -1.71. The van der Waals surface area contributed by atoms with Crippen molar-refractivity contribution in [2.75, 3.05) is 19.5 Å². The number of rotatable bonds is 4. The van der Waals surface area contributed by atoms with E-state index in [1.807, 2.05) is 19.1 Å². The highest BCUT2D eigenvalue weighted by molar-refractivity contribution is 5.69. The fourth-order valence-corrected chi connectivity index (χ4v) is 1.11. The molecule has 0 bridgehead atoms. The van der Waals surface area contributed by atoms with Gasteiger partial charge in [0.2, 0.25) is 0 Å². The van der Waals surface area contributed by atoms with Crippen molar-refractivity contribution in [2.24, 2.45) is 0 Å². The molecule has 4 heteroatoms. The molecule has 0 aliphatic heterocycles. The number of nitrogens with two attached hydrogens (primary N) is 1. The summed E-state index contributed by atoms with van der Waals surface area (Å²) >= 11 is 0. The highest BCUT2D eigenvalue weighted by Crippen LogP contribution is 2.22. The second kappa shape index (κ2) is 5.24. The van der Waals surface area contributed by atoms with Gasteiger partial charge >= 0.3 is 5.97 Å². The first kappa shape index (κ1) is 11.4. The van der Waals surface area contributed by atoms with Gasteiger partial charge in [0.25, 0.3) is 0 Å². The Morgan fingerprint density at radius 3 is 2.87 bits per heavy atom. The number of benzene rings is 1. The molecule has 0 aromatic heterocycles. The van der Waals surface area contributed by atoms with E-state index in [4.69, 9.17) is 10.5 Å². The van der Waals surface area contributed by atoms with Crippen LogP contribution in [-0.2, 0) is 9.53 Å². The molecule has 0 atom stereocenters. The number of hydrogen-bond acceptors (Lipinski definition) is 4. The quantitative estimate of drug-likeness (QED) is 0.603. The maximum absolute atomic E-state index is 10.8. The molecule has 1 aromatic carbocycles. The maximum Gasteiger partial charge on any atom is 0.308 e. The van der Waals surface area contributed by atoms with Gasteiger partial charge in [0.15, 0.2) is 0 Å². The summed E-state index contributed by atoms with van der Waals surface area (Å²) in [6, 6.07) is 5.53. The molecule has 2 N–H and O–H groups in total. The molecular formula is C11H15NO3. The molecule has 0 aliphatic carbocycles. The molecule has 0 unspecified atom stereocenters. The van der Waals surface area contributed by atoms with Crippen molar-refractivity contribution in [3.05, 3.63) is 23.8 Å². The van der Waals surface area contributed by atoms with Crippen molar-refractivity contribution in [1.29, 1.82) is 0 Å². The Morgan fingerprint density at radius 1 is 1.47 bits per heavy atom. The highest BCUT2D eigenvalue weighted by Gasteiger charge is 2.03. The van der Waals surface area contributed by atoms with Crippen LogP contribution in [0.3, 0.4) is 0 Å². The number of nitrogen functional groups attached to an aromatic ring is 1. The van der Waals surface area contributed by atoms with Gasteiger partial charge in [-0.25, -0.2) is 0 Å². The molecule has 82 valence electrons. The largest absolute Gasteiger partial charge is 0.491 e. The first-order valence-corrected chi connectivity index (χ1v) is 4.69. The molecule has 0 amide bonds. The summed E-state index contributed by atoms with van der Waals surface area (Å²) in [6.07, 6.45) is 0.226. The molecule has 0 aliphatic rings. The summed E-state index contributed by atoms with van der Waals surface area (Å²) in [6.45, 7) is 2.23. The van der Waals surface area contributed by atoms with Crippen LogP contribution in [0.5, 0.6) is 5.75 Å². The van der Waals surface area contributed by atoms with Crippen molar-refractivity contribution in [2.45, 2.75) is 13.3 Å². The molecule has 0 saturated carbocycles. The lowest BCUT2D eigenvalue weighted by Gasteiger charge is -2.08. The average Bonchev–Trinajstić information content (AvgIpc) is 2.23. The van der Waals surface area contributed by atoms with E-state index < -0.39 is 0 Å². The number of aryl methyl sites for hydroxylation is 1. The third-order valence-corrected chi connectivity index (χ3v) is 1.96. The van der Waals surface area contributed by atoms with Gasteiger partial charge in [0.05, 0.1) is 25.8 Å². The van der Waals surface area contributed by atoms with Gasteiger partial charge in [0.1, 0.15) is 5.75 Å². The first-order chi connectivity index (χ1) is 7.13. The van der Waals surface area contributed by atoms with E-state index in [0.717, 1.165) is 5.56 Å². The van der Waals surface area contributed by atoms with Crippen LogP contribution in [-0.4, -0.2) is 19.7 Å². The molecule has 4 nitrogen and oxygen atoms in total. The van der Waals surface area contributed by atoms with Crippen LogP contribution in [0, 0.1) is 6.92 Å². The topological polar surface area (TPSA) is 61.5 Å². The number of hydrogen-bond donors (Lipinski definition) is 1. The molecule has 0 fully saturated rings. The zero-order valence-electron chi connectivity index (χ0n) is 8.95. The predicted octanol–water partition coefficient (Wildman–Crippen LogP) is 1.52. The number of anilines is 1. The van der Waals surface area contributed by atoms with Crippen LogP contribution >= 0.6 is 0 Å². The van der Waals surface area contributed by atoms with Crippen molar-refractivity contribution in [3.63, 3.8) is 0 Å². The van der Waals surface area contributed by atoms with Gasteiger partial charge in [-0.15, -0.1) is 0 Å². The number of esters is 1. The number of carbonyl (C=O) groups is 1. The average molecular weight is 209 g/mol. The molecule has 0 heterocycles. The smallest absolute Gasteiger partial charge is 0.308 e. The SMILES string of the molecule is COC(=O)CCOc1cc(C)ccc1N. The lowest BCUT2D eigenvalue weighted by atomic mass is 10.2. The normalized spacial score (nSPS) is 9.73. The maximum atomic E-state index is 10.8. The summed E-state index contributed by atoms with van der Waals surface area (Å²) in [4.78, 5) is 10.8.